The van der Waals surface area contributed by atoms with Gasteiger partial charge in [-0.15, -0.1) is 0 Å². The van der Waals surface area contributed by atoms with Crippen molar-refractivity contribution >= 4 is 27.3 Å². The maximum Gasteiger partial charge on any atom is 0.264 e. The molecule has 3 aromatic rings. The first-order chi connectivity index (χ1) is 18.8. The third kappa shape index (κ3) is 6.75. The van der Waals surface area contributed by atoms with E-state index in [1.54, 1.807) is 24.3 Å². The molecule has 9 nitrogen and oxygen atoms in total. The van der Waals surface area contributed by atoms with Crippen LogP contribution in [0, 0.1) is 0 Å². The average molecular weight is 554 g/mol. The van der Waals surface area contributed by atoms with Crippen molar-refractivity contribution in [1.82, 2.24) is 5.32 Å². The van der Waals surface area contributed by atoms with Crippen LogP contribution < -0.4 is 28.7 Å². The summed E-state index contributed by atoms with van der Waals surface area (Å²) in [5, 5.41) is 2.86. The van der Waals surface area contributed by atoms with Crippen molar-refractivity contribution in [1.29, 1.82) is 0 Å². The number of carbonyl (C=O) groups is 1. The van der Waals surface area contributed by atoms with Gasteiger partial charge in [0.05, 0.1) is 31.4 Å². The molecule has 39 heavy (non-hydrogen) atoms. The molecular weight excluding hydrogens is 518 g/mol. The highest BCUT2D eigenvalue weighted by molar-refractivity contribution is 7.92. The van der Waals surface area contributed by atoms with Gasteiger partial charge in [-0.2, -0.15) is 0 Å². The summed E-state index contributed by atoms with van der Waals surface area (Å²) in [7, 11) is -1.23. The number of benzene rings is 3. The lowest BCUT2D eigenvalue weighted by molar-refractivity contribution is -0.119. The second-order valence-corrected chi connectivity index (χ2v) is 11.0. The van der Waals surface area contributed by atoms with E-state index in [0.29, 0.717) is 23.8 Å². The molecule has 1 fully saturated rings. The lowest BCUT2D eigenvalue weighted by Gasteiger charge is -2.25. The number of rotatable bonds is 12. The summed E-state index contributed by atoms with van der Waals surface area (Å²) < 4.78 is 44.7. The van der Waals surface area contributed by atoms with Crippen LogP contribution in [0.2, 0.25) is 0 Å². The number of methoxy groups -OCH3 is 2. The van der Waals surface area contributed by atoms with E-state index in [0.717, 1.165) is 23.0 Å². The van der Waals surface area contributed by atoms with E-state index < -0.39 is 22.5 Å². The molecule has 0 spiro atoms. The maximum absolute atomic E-state index is 13.8. The number of hydrogen-bond acceptors (Lipinski definition) is 7. The first-order valence-electron chi connectivity index (χ1n) is 12.9. The van der Waals surface area contributed by atoms with Crippen molar-refractivity contribution in [3.63, 3.8) is 0 Å². The number of ether oxygens (including phenoxy) is 3. The Morgan fingerprint density at radius 2 is 1.59 bits per heavy atom. The van der Waals surface area contributed by atoms with Crippen LogP contribution in [0.25, 0.3) is 0 Å². The zero-order valence-corrected chi connectivity index (χ0v) is 23.4. The van der Waals surface area contributed by atoms with Gasteiger partial charge in [0, 0.05) is 31.4 Å². The smallest absolute Gasteiger partial charge is 0.264 e. The van der Waals surface area contributed by atoms with E-state index in [1.807, 2.05) is 19.1 Å². The highest BCUT2D eigenvalue weighted by Crippen LogP contribution is 2.32. The van der Waals surface area contributed by atoms with Crippen LogP contribution in [0.4, 0.5) is 11.4 Å². The van der Waals surface area contributed by atoms with E-state index in [-0.39, 0.29) is 17.2 Å². The second-order valence-electron chi connectivity index (χ2n) is 9.09. The molecule has 0 aromatic heterocycles. The van der Waals surface area contributed by atoms with Gasteiger partial charge < -0.3 is 24.4 Å². The zero-order chi connectivity index (χ0) is 27.8. The van der Waals surface area contributed by atoms with Gasteiger partial charge in [-0.1, -0.05) is 12.1 Å². The van der Waals surface area contributed by atoms with Gasteiger partial charge in [-0.05, 0) is 73.9 Å². The molecular formula is C29H35N3O6S. The van der Waals surface area contributed by atoms with Crippen molar-refractivity contribution < 1.29 is 27.4 Å². The van der Waals surface area contributed by atoms with Gasteiger partial charge in [-0.3, -0.25) is 9.10 Å². The topological polar surface area (TPSA) is 97.4 Å². The second kappa shape index (κ2) is 12.8. The zero-order valence-electron chi connectivity index (χ0n) is 22.6. The molecule has 1 aliphatic heterocycles. The van der Waals surface area contributed by atoms with Gasteiger partial charge in [0.15, 0.2) is 11.5 Å². The van der Waals surface area contributed by atoms with Gasteiger partial charge in [-0.25, -0.2) is 8.42 Å². The van der Waals surface area contributed by atoms with Crippen molar-refractivity contribution in [2.45, 2.75) is 31.2 Å². The van der Waals surface area contributed by atoms with Gasteiger partial charge >= 0.3 is 0 Å². The number of amides is 1. The molecule has 208 valence electrons. The Balaban J connectivity index is 1.54. The summed E-state index contributed by atoms with van der Waals surface area (Å²) in [4.78, 5) is 15.4. The minimum atomic E-state index is -4.14. The Kier molecular flexibility index (Phi) is 9.19. The first-order valence-corrected chi connectivity index (χ1v) is 14.4. The molecule has 1 heterocycles. The highest BCUT2D eigenvalue weighted by atomic mass is 32.2. The molecule has 0 radical (unpaired) electrons. The van der Waals surface area contributed by atoms with Gasteiger partial charge in [0.1, 0.15) is 12.3 Å². The molecule has 0 unspecified atom stereocenters. The van der Waals surface area contributed by atoms with E-state index in [2.05, 4.69) is 22.3 Å². The third-order valence-corrected chi connectivity index (χ3v) is 8.33. The van der Waals surface area contributed by atoms with Crippen molar-refractivity contribution in [3.8, 4) is 17.2 Å². The number of anilines is 2. The SMILES string of the molecule is CCOc1ccc(N(CC(=O)NCc2ccc(N3CCCC3)cc2)S(=O)(=O)c2ccc(OC)c(OC)c2)cc1. The molecule has 0 bridgehead atoms. The van der Waals surface area contributed by atoms with Crippen LogP contribution in [0.15, 0.2) is 71.6 Å². The molecule has 0 aliphatic carbocycles. The van der Waals surface area contributed by atoms with E-state index in [4.69, 9.17) is 14.2 Å². The lowest BCUT2D eigenvalue weighted by atomic mass is 10.2. The fraction of sp³-hybridized carbons (Fsp3) is 0.345. The molecule has 1 amide bonds. The van der Waals surface area contributed by atoms with E-state index in [1.165, 1.54) is 50.9 Å². The Hall–Kier alpha value is -3.92. The summed E-state index contributed by atoms with van der Waals surface area (Å²) in [6, 6.07) is 19.0. The predicted molar refractivity (Wildman–Crippen MR) is 151 cm³/mol. The number of sulfonamides is 1. The quantitative estimate of drug-likeness (QED) is 0.359. The summed E-state index contributed by atoms with van der Waals surface area (Å²) in [5.74, 6) is 0.840. The molecule has 3 aromatic carbocycles. The largest absolute Gasteiger partial charge is 0.494 e. The summed E-state index contributed by atoms with van der Waals surface area (Å²) in [5.41, 5.74) is 2.44. The summed E-state index contributed by atoms with van der Waals surface area (Å²) >= 11 is 0. The van der Waals surface area contributed by atoms with Crippen LogP contribution in [-0.4, -0.2) is 54.8 Å². The standard InChI is InChI=1S/C29H35N3O6S/c1-4-38-25-13-11-24(12-14-25)32(39(34,35)26-15-16-27(36-2)28(19-26)37-3)21-29(33)30-20-22-7-9-23(10-8-22)31-17-5-6-18-31/h7-16,19H,4-6,17-18,20-21H2,1-3H3,(H,30,33). The molecule has 0 atom stereocenters. The van der Waals surface area contributed by atoms with Crippen molar-refractivity contribution in [3.05, 3.63) is 72.3 Å². The van der Waals surface area contributed by atoms with Crippen LogP contribution in [0.1, 0.15) is 25.3 Å². The van der Waals surface area contributed by atoms with Crippen LogP contribution in [0.5, 0.6) is 17.2 Å². The van der Waals surface area contributed by atoms with Crippen LogP contribution >= 0.6 is 0 Å². The number of carbonyl (C=O) groups excluding carboxylic acids is 1. The number of nitrogens with zero attached hydrogens (tertiary/aromatic N) is 2. The average Bonchev–Trinajstić information content (AvgIpc) is 3.50. The predicted octanol–water partition coefficient (Wildman–Crippen LogP) is 4.21. The molecule has 1 N–H and O–H groups in total. The third-order valence-electron chi connectivity index (χ3n) is 6.56. The Bertz CT molecular complexity index is 1350. The number of hydrogen-bond donors (Lipinski definition) is 1. The van der Waals surface area contributed by atoms with Crippen LogP contribution in [-0.2, 0) is 21.4 Å². The van der Waals surface area contributed by atoms with E-state index >= 15 is 0 Å². The monoisotopic (exact) mass is 553 g/mol. The Morgan fingerprint density at radius 1 is 0.923 bits per heavy atom. The molecule has 0 saturated carbocycles. The molecule has 1 saturated heterocycles. The van der Waals surface area contributed by atoms with E-state index in [9.17, 15) is 13.2 Å². The Labute approximate surface area is 230 Å². The van der Waals surface area contributed by atoms with Crippen LogP contribution in [0.3, 0.4) is 0 Å². The summed E-state index contributed by atoms with van der Waals surface area (Å²) in [6.45, 7) is 4.35. The minimum absolute atomic E-state index is 0.0284. The Morgan fingerprint density at radius 3 is 2.21 bits per heavy atom. The number of nitrogens with one attached hydrogen (secondary N) is 1. The lowest BCUT2D eigenvalue weighted by Crippen LogP contribution is -2.40. The summed E-state index contributed by atoms with van der Waals surface area (Å²) in [6.07, 6.45) is 2.41. The first kappa shape index (κ1) is 28.1. The van der Waals surface area contributed by atoms with Gasteiger partial charge in [0.25, 0.3) is 10.0 Å². The molecule has 10 heteroatoms. The highest BCUT2D eigenvalue weighted by Gasteiger charge is 2.28. The minimum Gasteiger partial charge on any atom is -0.494 e. The molecule has 1 aliphatic rings. The normalized spacial score (nSPS) is 13.2. The molecule has 4 rings (SSSR count). The van der Waals surface area contributed by atoms with Crippen molar-refractivity contribution in [2.24, 2.45) is 0 Å². The maximum atomic E-state index is 13.8. The van der Waals surface area contributed by atoms with Crippen molar-refractivity contribution in [2.75, 3.05) is 49.7 Å². The fourth-order valence-corrected chi connectivity index (χ4v) is 5.92. The van der Waals surface area contributed by atoms with Gasteiger partial charge in [0.2, 0.25) is 5.91 Å². The fourth-order valence-electron chi connectivity index (χ4n) is 4.48.